The second kappa shape index (κ2) is 5.04. The quantitative estimate of drug-likeness (QED) is 0.635. The zero-order valence-electron chi connectivity index (χ0n) is 13.3. The number of nitrogens with zero attached hydrogens (tertiary/aromatic N) is 1. The maximum absolute atomic E-state index is 11.7. The molecule has 5 heteroatoms. The molecule has 0 aliphatic carbocycles. The van der Waals surface area contributed by atoms with E-state index in [0.29, 0.717) is 5.56 Å². The normalized spacial score (nSPS) is 19.0. The third kappa shape index (κ3) is 2.69. The zero-order chi connectivity index (χ0) is 15.1. The Bertz CT molecular complexity index is 514. The van der Waals surface area contributed by atoms with Gasteiger partial charge in [-0.2, -0.15) is 0 Å². The molecule has 0 N–H and O–H groups in total. The predicted octanol–water partition coefficient (Wildman–Crippen LogP) is 3.22. The Hall–Kier alpha value is -1.07. The van der Waals surface area contributed by atoms with E-state index in [1.165, 1.54) is 7.11 Å². The van der Waals surface area contributed by atoms with Gasteiger partial charge in [-0.3, -0.25) is 0 Å². The first kappa shape index (κ1) is 15.3. The van der Waals surface area contributed by atoms with E-state index in [9.17, 15) is 4.79 Å². The van der Waals surface area contributed by atoms with Crippen molar-refractivity contribution in [1.29, 1.82) is 0 Å². The molecular weight excluding hydrogens is 270 g/mol. The fraction of sp³-hybridized carbons (Fsp3) is 0.667. The van der Waals surface area contributed by atoms with Gasteiger partial charge in [0, 0.05) is 24.9 Å². The SMILES string of the molecule is COC(=O)c1ccn2c1C[C@@H](O[Si](C)(C)C(C)(C)C)C2. The largest absolute Gasteiger partial charge is 0.465 e. The van der Waals surface area contributed by atoms with E-state index >= 15 is 0 Å². The van der Waals surface area contributed by atoms with Crippen LogP contribution >= 0.6 is 0 Å². The zero-order valence-corrected chi connectivity index (χ0v) is 14.3. The molecule has 1 aromatic rings. The molecule has 0 unspecified atom stereocenters. The number of fused-ring (bicyclic) bond motifs is 1. The van der Waals surface area contributed by atoms with Gasteiger partial charge >= 0.3 is 5.97 Å². The van der Waals surface area contributed by atoms with E-state index in [0.717, 1.165) is 18.7 Å². The maximum Gasteiger partial charge on any atom is 0.339 e. The van der Waals surface area contributed by atoms with Crippen LogP contribution in [-0.2, 0) is 22.1 Å². The summed E-state index contributed by atoms with van der Waals surface area (Å²) in [5.41, 5.74) is 1.72. The van der Waals surface area contributed by atoms with E-state index in [4.69, 9.17) is 9.16 Å². The average Bonchev–Trinajstić information content (AvgIpc) is 2.85. The van der Waals surface area contributed by atoms with Gasteiger partial charge in [-0.1, -0.05) is 20.8 Å². The lowest BCUT2D eigenvalue weighted by molar-refractivity contribution is 0.0599. The molecule has 0 aromatic carbocycles. The Labute approximate surface area is 122 Å². The molecule has 4 nitrogen and oxygen atoms in total. The van der Waals surface area contributed by atoms with Crippen molar-refractivity contribution >= 4 is 14.3 Å². The van der Waals surface area contributed by atoms with Crippen LogP contribution in [0.25, 0.3) is 0 Å². The monoisotopic (exact) mass is 295 g/mol. The van der Waals surface area contributed by atoms with Gasteiger partial charge in [0.15, 0.2) is 8.32 Å². The van der Waals surface area contributed by atoms with Crippen molar-refractivity contribution in [3.8, 4) is 0 Å². The Balaban J connectivity index is 2.11. The summed E-state index contributed by atoms with van der Waals surface area (Å²) in [6.07, 6.45) is 2.93. The number of methoxy groups -OCH3 is 1. The highest BCUT2D eigenvalue weighted by atomic mass is 28.4. The fourth-order valence-corrected chi connectivity index (χ4v) is 3.72. The first-order valence-corrected chi connectivity index (χ1v) is 10.0. The van der Waals surface area contributed by atoms with Crippen LogP contribution in [0, 0.1) is 0 Å². The number of carbonyl (C=O) groups is 1. The van der Waals surface area contributed by atoms with E-state index in [2.05, 4.69) is 38.4 Å². The van der Waals surface area contributed by atoms with Crippen molar-refractivity contribution in [2.24, 2.45) is 0 Å². The minimum absolute atomic E-state index is 0.176. The molecule has 20 heavy (non-hydrogen) atoms. The molecule has 2 heterocycles. The third-order valence-corrected chi connectivity index (χ3v) is 9.11. The molecule has 0 radical (unpaired) electrons. The van der Waals surface area contributed by atoms with Gasteiger partial charge in [0.05, 0.1) is 18.8 Å². The Kier molecular flexibility index (Phi) is 3.86. The van der Waals surface area contributed by atoms with Crippen LogP contribution in [-0.4, -0.2) is 32.1 Å². The number of aromatic nitrogens is 1. The Morgan fingerprint density at radius 3 is 2.60 bits per heavy atom. The summed E-state index contributed by atoms with van der Waals surface area (Å²) >= 11 is 0. The number of carbonyl (C=O) groups excluding carboxylic acids is 1. The van der Waals surface area contributed by atoms with Crippen molar-refractivity contribution in [2.45, 2.75) is 58.0 Å². The standard InChI is InChI=1S/C15H25NO3Si/c1-15(2,3)20(5,6)19-11-9-13-12(14(17)18-4)7-8-16(13)10-11/h7-8,11H,9-10H2,1-6H3/t11-/m1/s1. The van der Waals surface area contributed by atoms with Gasteiger partial charge in [0.2, 0.25) is 0 Å². The molecule has 0 saturated heterocycles. The van der Waals surface area contributed by atoms with Gasteiger partial charge in [-0.25, -0.2) is 4.79 Å². The predicted molar refractivity (Wildman–Crippen MR) is 81.5 cm³/mol. The Morgan fingerprint density at radius 1 is 1.40 bits per heavy atom. The lowest BCUT2D eigenvalue weighted by Crippen LogP contribution is -2.44. The van der Waals surface area contributed by atoms with Crippen LogP contribution in [0.4, 0.5) is 0 Å². The van der Waals surface area contributed by atoms with Crippen LogP contribution in [0.15, 0.2) is 12.3 Å². The number of hydrogen-bond acceptors (Lipinski definition) is 3. The van der Waals surface area contributed by atoms with E-state index in [-0.39, 0.29) is 17.1 Å². The summed E-state index contributed by atoms with van der Waals surface area (Å²) in [6.45, 7) is 12.1. The average molecular weight is 295 g/mol. The molecule has 0 spiro atoms. The molecule has 1 aliphatic rings. The molecule has 112 valence electrons. The molecule has 1 aliphatic heterocycles. The summed E-state index contributed by atoms with van der Waals surface area (Å²) in [5.74, 6) is -0.258. The second-order valence-electron chi connectivity index (χ2n) is 7.02. The van der Waals surface area contributed by atoms with Crippen molar-refractivity contribution in [3.63, 3.8) is 0 Å². The topological polar surface area (TPSA) is 40.5 Å². The highest BCUT2D eigenvalue weighted by molar-refractivity contribution is 6.74. The molecule has 0 saturated carbocycles. The van der Waals surface area contributed by atoms with Gasteiger partial charge in [-0.15, -0.1) is 0 Å². The summed E-state index contributed by atoms with van der Waals surface area (Å²) in [4.78, 5) is 11.7. The molecule has 2 rings (SSSR count). The minimum atomic E-state index is -1.76. The van der Waals surface area contributed by atoms with Crippen LogP contribution in [0.3, 0.4) is 0 Å². The second-order valence-corrected chi connectivity index (χ2v) is 11.8. The number of rotatable bonds is 3. The maximum atomic E-state index is 11.7. The van der Waals surface area contributed by atoms with Gasteiger partial charge in [0.1, 0.15) is 0 Å². The summed E-state index contributed by atoms with van der Waals surface area (Å²) < 4.78 is 13.4. The van der Waals surface area contributed by atoms with Crippen LogP contribution in [0.5, 0.6) is 0 Å². The van der Waals surface area contributed by atoms with Crippen molar-refractivity contribution in [2.75, 3.05) is 7.11 Å². The molecule has 1 aromatic heterocycles. The highest BCUT2D eigenvalue weighted by Gasteiger charge is 2.40. The first-order chi connectivity index (χ1) is 9.15. The highest BCUT2D eigenvalue weighted by Crippen LogP contribution is 2.38. The molecule has 1 atom stereocenters. The summed E-state index contributed by atoms with van der Waals surface area (Å²) in [6, 6.07) is 1.84. The molecular formula is C15H25NO3Si. The van der Waals surface area contributed by atoms with Gasteiger partial charge < -0.3 is 13.7 Å². The first-order valence-electron chi connectivity index (χ1n) is 7.10. The van der Waals surface area contributed by atoms with Crippen LogP contribution < -0.4 is 0 Å². The lowest BCUT2D eigenvalue weighted by atomic mass is 10.2. The van der Waals surface area contributed by atoms with E-state index < -0.39 is 8.32 Å². The van der Waals surface area contributed by atoms with Crippen molar-refractivity contribution < 1.29 is 14.0 Å². The van der Waals surface area contributed by atoms with Gasteiger partial charge in [0.25, 0.3) is 0 Å². The number of esters is 1. The van der Waals surface area contributed by atoms with Crippen LogP contribution in [0.1, 0.15) is 36.8 Å². The van der Waals surface area contributed by atoms with Gasteiger partial charge in [-0.05, 0) is 24.2 Å². The summed E-state index contributed by atoms with van der Waals surface area (Å²) in [5, 5.41) is 0.204. The number of ether oxygens (including phenoxy) is 1. The molecule has 0 amide bonds. The van der Waals surface area contributed by atoms with Crippen molar-refractivity contribution in [1.82, 2.24) is 4.57 Å². The van der Waals surface area contributed by atoms with E-state index in [1.54, 1.807) is 0 Å². The molecule has 0 bridgehead atoms. The van der Waals surface area contributed by atoms with E-state index in [1.807, 2.05) is 12.3 Å². The lowest BCUT2D eigenvalue weighted by Gasteiger charge is -2.38. The van der Waals surface area contributed by atoms with Crippen LogP contribution in [0.2, 0.25) is 18.1 Å². The van der Waals surface area contributed by atoms with Crippen molar-refractivity contribution in [3.05, 3.63) is 23.5 Å². The summed E-state index contributed by atoms with van der Waals surface area (Å²) in [7, 11) is -0.343. The Morgan fingerprint density at radius 2 is 2.05 bits per heavy atom. The molecule has 0 fully saturated rings. The number of hydrogen-bond donors (Lipinski definition) is 0. The third-order valence-electron chi connectivity index (χ3n) is 4.57. The fourth-order valence-electron chi connectivity index (χ4n) is 2.37. The minimum Gasteiger partial charge on any atom is -0.465 e. The smallest absolute Gasteiger partial charge is 0.339 e.